The van der Waals surface area contributed by atoms with Crippen molar-refractivity contribution in [1.29, 1.82) is 0 Å². The summed E-state index contributed by atoms with van der Waals surface area (Å²) in [4.78, 5) is 5.77. The van der Waals surface area contributed by atoms with E-state index in [1.165, 1.54) is 6.07 Å². The van der Waals surface area contributed by atoms with Gasteiger partial charge in [-0.2, -0.15) is 13.2 Å². The van der Waals surface area contributed by atoms with Crippen LogP contribution in [0.3, 0.4) is 0 Å². The number of pyridine rings is 1. The number of halogens is 4. The molecule has 0 saturated carbocycles. The monoisotopic (exact) mass is 279 g/mol. The molecular formula is C11H13ClF3N3. The summed E-state index contributed by atoms with van der Waals surface area (Å²) in [6, 6.07) is 2.63. The minimum atomic E-state index is -4.46. The number of rotatable bonds is 1. The van der Waals surface area contributed by atoms with Crippen molar-refractivity contribution in [2.24, 2.45) is 0 Å². The lowest BCUT2D eigenvalue weighted by molar-refractivity contribution is -0.137. The quantitative estimate of drug-likeness (QED) is 0.801. The summed E-state index contributed by atoms with van der Waals surface area (Å²) >= 11 is 5.60. The molecule has 0 bridgehead atoms. The molecule has 1 aromatic rings. The average Bonchev–Trinajstić information content (AvgIpc) is 2.27. The van der Waals surface area contributed by atoms with Gasteiger partial charge in [-0.15, -0.1) is 0 Å². The Morgan fingerprint density at radius 3 is 2.72 bits per heavy atom. The van der Waals surface area contributed by atoms with Gasteiger partial charge < -0.3 is 10.2 Å². The molecule has 0 aliphatic carbocycles. The van der Waals surface area contributed by atoms with Gasteiger partial charge in [-0.1, -0.05) is 11.6 Å². The van der Waals surface area contributed by atoms with Gasteiger partial charge in [0.2, 0.25) is 0 Å². The standard InChI is InChI=1S/C11H13ClF3N3/c1-7-6-18(5-4-16-7)9-3-2-8(10(12)17-9)11(13,14)15/h2-3,7,16H,4-6H2,1H3. The highest BCUT2D eigenvalue weighted by molar-refractivity contribution is 6.30. The van der Waals surface area contributed by atoms with Gasteiger partial charge in [-0.05, 0) is 19.1 Å². The highest BCUT2D eigenvalue weighted by Gasteiger charge is 2.34. The molecule has 0 radical (unpaired) electrons. The Labute approximate surface area is 108 Å². The van der Waals surface area contributed by atoms with Crippen LogP contribution in [0.1, 0.15) is 12.5 Å². The second kappa shape index (κ2) is 4.93. The Hall–Kier alpha value is -1.01. The minimum absolute atomic E-state index is 0.279. The summed E-state index contributed by atoms with van der Waals surface area (Å²) in [6.45, 7) is 4.20. The summed E-state index contributed by atoms with van der Waals surface area (Å²) in [5.74, 6) is 0.487. The maximum Gasteiger partial charge on any atom is 0.419 e. The molecule has 2 rings (SSSR count). The molecule has 2 heterocycles. The van der Waals surface area contributed by atoms with E-state index in [9.17, 15) is 13.2 Å². The van der Waals surface area contributed by atoms with Crippen molar-refractivity contribution in [2.75, 3.05) is 24.5 Å². The molecule has 1 saturated heterocycles. The lowest BCUT2D eigenvalue weighted by Gasteiger charge is -2.32. The van der Waals surface area contributed by atoms with Crippen LogP contribution in [0.25, 0.3) is 0 Å². The number of piperazine rings is 1. The van der Waals surface area contributed by atoms with Crippen LogP contribution in [-0.4, -0.2) is 30.7 Å². The fraction of sp³-hybridized carbons (Fsp3) is 0.545. The predicted molar refractivity (Wildman–Crippen MR) is 63.9 cm³/mol. The van der Waals surface area contributed by atoms with E-state index in [1.54, 1.807) is 0 Å². The maximum atomic E-state index is 12.5. The highest BCUT2D eigenvalue weighted by atomic mass is 35.5. The van der Waals surface area contributed by atoms with E-state index >= 15 is 0 Å². The molecule has 7 heteroatoms. The van der Waals surface area contributed by atoms with Gasteiger partial charge in [0.25, 0.3) is 0 Å². The number of anilines is 1. The van der Waals surface area contributed by atoms with Crippen LogP contribution in [0.2, 0.25) is 5.15 Å². The number of hydrogen-bond donors (Lipinski definition) is 1. The van der Waals surface area contributed by atoms with E-state index in [-0.39, 0.29) is 6.04 Å². The zero-order valence-corrected chi connectivity index (χ0v) is 10.5. The summed E-state index contributed by atoms with van der Waals surface area (Å²) in [5, 5.41) is 2.76. The van der Waals surface area contributed by atoms with Crippen molar-refractivity contribution >= 4 is 17.4 Å². The lowest BCUT2D eigenvalue weighted by Crippen LogP contribution is -2.49. The molecular weight excluding hydrogens is 267 g/mol. The van der Waals surface area contributed by atoms with Crippen LogP contribution in [0.5, 0.6) is 0 Å². The molecule has 18 heavy (non-hydrogen) atoms. The largest absolute Gasteiger partial charge is 0.419 e. The van der Waals surface area contributed by atoms with Gasteiger partial charge in [0, 0.05) is 25.7 Å². The predicted octanol–water partition coefficient (Wildman–Crippen LogP) is 2.55. The van der Waals surface area contributed by atoms with E-state index in [0.29, 0.717) is 18.9 Å². The van der Waals surface area contributed by atoms with E-state index < -0.39 is 16.9 Å². The van der Waals surface area contributed by atoms with Crippen molar-refractivity contribution in [3.63, 3.8) is 0 Å². The lowest BCUT2D eigenvalue weighted by atomic mass is 10.2. The molecule has 100 valence electrons. The second-order valence-electron chi connectivity index (χ2n) is 4.31. The topological polar surface area (TPSA) is 28.2 Å². The van der Waals surface area contributed by atoms with Crippen molar-refractivity contribution in [3.8, 4) is 0 Å². The second-order valence-corrected chi connectivity index (χ2v) is 4.66. The van der Waals surface area contributed by atoms with Crippen LogP contribution in [-0.2, 0) is 6.18 Å². The fourth-order valence-electron chi connectivity index (χ4n) is 1.95. The molecule has 0 spiro atoms. The third-order valence-electron chi connectivity index (χ3n) is 2.83. The zero-order chi connectivity index (χ0) is 13.3. The number of nitrogens with one attached hydrogen (secondary N) is 1. The fourth-order valence-corrected chi connectivity index (χ4v) is 2.21. The number of alkyl halides is 3. The van der Waals surface area contributed by atoms with Crippen molar-refractivity contribution in [1.82, 2.24) is 10.3 Å². The first-order chi connectivity index (χ1) is 8.38. The SMILES string of the molecule is CC1CN(c2ccc(C(F)(F)F)c(Cl)n2)CCN1. The first-order valence-electron chi connectivity index (χ1n) is 5.60. The summed E-state index contributed by atoms with van der Waals surface area (Å²) in [6.07, 6.45) is -4.46. The molecule has 1 unspecified atom stereocenters. The Balaban J connectivity index is 2.23. The molecule has 1 aromatic heterocycles. The smallest absolute Gasteiger partial charge is 0.354 e. The van der Waals surface area contributed by atoms with Crippen molar-refractivity contribution in [2.45, 2.75) is 19.1 Å². The van der Waals surface area contributed by atoms with E-state index in [4.69, 9.17) is 11.6 Å². The first kappa shape index (κ1) is 13.4. The molecule has 1 fully saturated rings. The van der Waals surface area contributed by atoms with Crippen LogP contribution in [0.15, 0.2) is 12.1 Å². The van der Waals surface area contributed by atoms with Gasteiger partial charge in [-0.25, -0.2) is 4.98 Å². The number of aromatic nitrogens is 1. The van der Waals surface area contributed by atoms with Crippen LogP contribution in [0, 0.1) is 0 Å². The Morgan fingerprint density at radius 2 is 2.17 bits per heavy atom. The number of nitrogens with zero attached hydrogens (tertiary/aromatic N) is 2. The molecule has 0 amide bonds. The third-order valence-corrected chi connectivity index (χ3v) is 3.12. The van der Waals surface area contributed by atoms with Gasteiger partial charge in [0.1, 0.15) is 11.0 Å². The highest BCUT2D eigenvalue weighted by Crippen LogP contribution is 2.34. The normalized spacial score (nSPS) is 21.2. The molecule has 1 aliphatic rings. The van der Waals surface area contributed by atoms with Crippen molar-refractivity contribution in [3.05, 3.63) is 22.8 Å². The molecule has 1 atom stereocenters. The van der Waals surface area contributed by atoms with Crippen molar-refractivity contribution < 1.29 is 13.2 Å². The summed E-state index contributed by atoms with van der Waals surface area (Å²) in [7, 11) is 0. The van der Waals surface area contributed by atoms with E-state index in [0.717, 1.165) is 12.6 Å². The minimum Gasteiger partial charge on any atom is -0.354 e. The third kappa shape index (κ3) is 2.87. The maximum absolute atomic E-state index is 12.5. The van der Waals surface area contributed by atoms with Gasteiger partial charge >= 0.3 is 6.18 Å². The van der Waals surface area contributed by atoms with Crippen LogP contribution in [0.4, 0.5) is 19.0 Å². The van der Waals surface area contributed by atoms with Gasteiger partial charge in [0.15, 0.2) is 0 Å². The van der Waals surface area contributed by atoms with E-state index in [1.807, 2.05) is 11.8 Å². The molecule has 0 aromatic carbocycles. The Morgan fingerprint density at radius 1 is 1.44 bits per heavy atom. The van der Waals surface area contributed by atoms with Crippen LogP contribution >= 0.6 is 11.6 Å². The summed E-state index contributed by atoms with van der Waals surface area (Å²) < 4.78 is 37.6. The van der Waals surface area contributed by atoms with Crippen LogP contribution < -0.4 is 10.2 Å². The summed E-state index contributed by atoms with van der Waals surface area (Å²) in [5.41, 5.74) is -0.893. The van der Waals surface area contributed by atoms with Gasteiger partial charge in [-0.3, -0.25) is 0 Å². The van der Waals surface area contributed by atoms with E-state index in [2.05, 4.69) is 10.3 Å². The molecule has 1 aliphatic heterocycles. The van der Waals surface area contributed by atoms with Gasteiger partial charge in [0.05, 0.1) is 5.56 Å². The molecule has 3 nitrogen and oxygen atoms in total. The Kier molecular flexibility index (Phi) is 3.68. The number of hydrogen-bond acceptors (Lipinski definition) is 3. The zero-order valence-electron chi connectivity index (χ0n) is 9.76. The Bertz CT molecular complexity index is 436. The first-order valence-corrected chi connectivity index (χ1v) is 5.98. The average molecular weight is 280 g/mol. The molecule has 1 N–H and O–H groups in total.